The zero-order valence-corrected chi connectivity index (χ0v) is 10.2. The lowest BCUT2D eigenvalue weighted by Gasteiger charge is -2.11. The second-order valence-corrected chi connectivity index (χ2v) is 4.13. The van der Waals surface area contributed by atoms with Gasteiger partial charge in [-0.05, 0) is 32.9 Å². The number of anilines is 1. The molecule has 0 aromatic carbocycles. The van der Waals surface area contributed by atoms with E-state index in [1.165, 1.54) is 0 Å². The summed E-state index contributed by atoms with van der Waals surface area (Å²) in [7, 11) is 0. The first-order chi connectivity index (χ1) is 8.09. The van der Waals surface area contributed by atoms with Crippen LogP contribution in [0, 0.1) is 6.92 Å². The van der Waals surface area contributed by atoms with Crippen LogP contribution in [0.4, 0.5) is 5.69 Å². The fourth-order valence-electron chi connectivity index (χ4n) is 1.51. The Morgan fingerprint density at radius 3 is 2.76 bits per heavy atom. The number of hydrogen-bond donors (Lipinski definition) is 1. The Kier molecular flexibility index (Phi) is 2.99. The summed E-state index contributed by atoms with van der Waals surface area (Å²) >= 11 is 0. The zero-order chi connectivity index (χ0) is 12.4. The molecule has 0 aliphatic rings. The summed E-state index contributed by atoms with van der Waals surface area (Å²) in [6, 6.07) is 3.84. The summed E-state index contributed by atoms with van der Waals surface area (Å²) in [6.07, 6.45) is 3.34. The van der Waals surface area contributed by atoms with Crippen LogP contribution < -0.4 is 10.5 Å². The van der Waals surface area contributed by atoms with Crippen LogP contribution >= 0.6 is 0 Å². The number of ether oxygens (including phenoxy) is 1. The van der Waals surface area contributed by atoms with Gasteiger partial charge in [0.2, 0.25) is 5.88 Å². The lowest BCUT2D eigenvalue weighted by atomic mass is 10.4. The van der Waals surface area contributed by atoms with Gasteiger partial charge in [-0.3, -0.25) is 4.98 Å². The highest BCUT2D eigenvalue weighted by atomic mass is 16.5. The largest absolute Gasteiger partial charge is 0.436 e. The molecule has 0 spiro atoms. The van der Waals surface area contributed by atoms with Crippen molar-refractivity contribution in [2.75, 3.05) is 5.73 Å². The fraction of sp³-hybridized carbons (Fsp3) is 0.333. The number of nitrogens with zero attached hydrogens (tertiary/aromatic N) is 3. The van der Waals surface area contributed by atoms with Gasteiger partial charge in [0.25, 0.3) is 0 Å². The first kappa shape index (κ1) is 11.4. The summed E-state index contributed by atoms with van der Waals surface area (Å²) in [5.41, 5.74) is 7.31. The number of nitrogens with two attached hydrogens (primary N) is 1. The van der Waals surface area contributed by atoms with Gasteiger partial charge in [0, 0.05) is 6.20 Å². The maximum atomic E-state index is 5.96. The molecule has 0 atom stereocenters. The summed E-state index contributed by atoms with van der Waals surface area (Å²) in [6.45, 7) is 5.92. The summed E-state index contributed by atoms with van der Waals surface area (Å²) < 4.78 is 7.51. The van der Waals surface area contributed by atoms with Crippen LogP contribution in [0.3, 0.4) is 0 Å². The number of pyridine rings is 1. The van der Waals surface area contributed by atoms with E-state index in [1.807, 2.05) is 32.9 Å². The molecule has 0 aliphatic carbocycles. The molecule has 2 N–H and O–H groups in total. The maximum absolute atomic E-state index is 5.96. The van der Waals surface area contributed by atoms with Gasteiger partial charge in [0.1, 0.15) is 11.4 Å². The van der Waals surface area contributed by atoms with E-state index in [0.29, 0.717) is 17.3 Å². The van der Waals surface area contributed by atoms with E-state index in [0.717, 1.165) is 5.69 Å². The third-order valence-corrected chi connectivity index (χ3v) is 2.42. The minimum absolute atomic E-state index is 0.192. The van der Waals surface area contributed by atoms with E-state index < -0.39 is 0 Å². The summed E-state index contributed by atoms with van der Waals surface area (Å²) in [5.74, 6) is 1.23. The molecular weight excluding hydrogens is 216 g/mol. The molecular formula is C12H16N4O. The van der Waals surface area contributed by atoms with Crippen LogP contribution in [0.15, 0.2) is 24.5 Å². The van der Waals surface area contributed by atoms with Crippen LogP contribution in [-0.4, -0.2) is 14.8 Å². The molecule has 2 aromatic rings. The third kappa shape index (κ3) is 2.22. The quantitative estimate of drug-likeness (QED) is 0.883. The molecule has 5 heteroatoms. The van der Waals surface area contributed by atoms with Crippen molar-refractivity contribution >= 4 is 5.69 Å². The van der Waals surface area contributed by atoms with E-state index >= 15 is 0 Å². The van der Waals surface area contributed by atoms with Gasteiger partial charge >= 0.3 is 0 Å². The van der Waals surface area contributed by atoms with Crippen molar-refractivity contribution in [1.82, 2.24) is 14.8 Å². The molecule has 5 nitrogen and oxygen atoms in total. The van der Waals surface area contributed by atoms with Crippen molar-refractivity contribution < 1.29 is 4.74 Å². The minimum atomic E-state index is 0.192. The van der Waals surface area contributed by atoms with E-state index in [1.54, 1.807) is 17.1 Å². The number of rotatable bonds is 3. The maximum Gasteiger partial charge on any atom is 0.241 e. The van der Waals surface area contributed by atoms with E-state index in [9.17, 15) is 0 Å². The minimum Gasteiger partial charge on any atom is -0.436 e. The van der Waals surface area contributed by atoms with E-state index in [-0.39, 0.29) is 6.04 Å². The van der Waals surface area contributed by atoms with Crippen molar-refractivity contribution in [2.24, 2.45) is 0 Å². The number of aryl methyl sites for hydroxylation is 1. The predicted molar refractivity (Wildman–Crippen MR) is 66.1 cm³/mol. The van der Waals surface area contributed by atoms with Crippen molar-refractivity contribution in [3.8, 4) is 11.6 Å². The summed E-state index contributed by atoms with van der Waals surface area (Å²) in [5, 5.41) is 4.35. The van der Waals surface area contributed by atoms with Gasteiger partial charge in [0.15, 0.2) is 0 Å². The lowest BCUT2D eigenvalue weighted by Crippen LogP contribution is -2.05. The Morgan fingerprint density at radius 2 is 2.18 bits per heavy atom. The number of hydrogen-bond acceptors (Lipinski definition) is 4. The lowest BCUT2D eigenvalue weighted by molar-refractivity contribution is 0.388. The molecule has 0 fully saturated rings. The van der Waals surface area contributed by atoms with E-state index in [2.05, 4.69) is 10.1 Å². The SMILES string of the molecule is Cc1nn(C(C)C)c(Oc2cccnc2)c1N. The molecule has 0 radical (unpaired) electrons. The second kappa shape index (κ2) is 4.45. The van der Waals surface area contributed by atoms with Crippen LogP contribution in [0.5, 0.6) is 11.6 Å². The molecule has 2 rings (SSSR count). The Bertz CT molecular complexity index is 505. The monoisotopic (exact) mass is 232 g/mol. The molecule has 0 amide bonds. The molecule has 90 valence electrons. The highest BCUT2D eigenvalue weighted by molar-refractivity contribution is 5.54. The molecule has 0 aliphatic heterocycles. The standard InChI is InChI=1S/C12H16N4O/c1-8(2)16-12(11(13)9(3)15-16)17-10-5-4-6-14-7-10/h4-8H,13H2,1-3H3. The Morgan fingerprint density at radius 1 is 1.41 bits per heavy atom. The van der Waals surface area contributed by atoms with Crippen LogP contribution in [-0.2, 0) is 0 Å². The van der Waals surface area contributed by atoms with Gasteiger partial charge in [-0.2, -0.15) is 5.10 Å². The average Bonchev–Trinajstić information content (AvgIpc) is 2.59. The molecule has 0 bridgehead atoms. The van der Waals surface area contributed by atoms with Crippen molar-refractivity contribution in [3.63, 3.8) is 0 Å². The van der Waals surface area contributed by atoms with Gasteiger partial charge in [-0.1, -0.05) is 0 Å². The van der Waals surface area contributed by atoms with Gasteiger partial charge in [-0.25, -0.2) is 4.68 Å². The first-order valence-electron chi connectivity index (χ1n) is 5.52. The zero-order valence-electron chi connectivity index (χ0n) is 10.2. The molecule has 2 aromatic heterocycles. The Labute approximate surface area is 100 Å². The summed E-state index contributed by atoms with van der Waals surface area (Å²) in [4.78, 5) is 4.00. The van der Waals surface area contributed by atoms with Crippen LogP contribution in [0.1, 0.15) is 25.6 Å². The number of nitrogen functional groups attached to an aromatic ring is 1. The normalized spacial score (nSPS) is 10.8. The Hall–Kier alpha value is -2.04. The average molecular weight is 232 g/mol. The molecule has 0 unspecified atom stereocenters. The fourth-order valence-corrected chi connectivity index (χ4v) is 1.51. The van der Waals surface area contributed by atoms with Crippen molar-refractivity contribution in [1.29, 1.82) is 0 Å². The molecule has 2 heterocycles. The molecule has 0 saturated heterocycles. The topological polar surface area (TPSA) is 66.0 Å². The first-order valence-corrected chi connectivity index (χ1v) is 5.52. The smallest absolute Gasteiger partial charge is 0.241 e. The van der Waals surface area contributed by atoms with Crippen molar-refractivity contribution in [2.45, 2.75) is 26.8 Å². The van der Waals surface area contributed by atoms with Crippen LogP contribution in [0.25, 0.3) is 0 Å². The van der Waals surface area contributed by atoms with Crippen LogP contribution in [0.2, 0.25) is 0 Å². The second-order valence-electron chi connectivity index (χ2n) is 4.13. The number of aromatic nitrogens is 3. The van der Waals surface area contributed by atoms with Gasteiger partial charge in [-0.15, -0.1) is 0 Å². The molecule has 17 heavy (non-hydrogen) atoms. The Balaban J connectivity index is 2.38. The van der Waals surface area contributed by atoms with Gasteiger partial charge in [0.05, 0.1) is 17.9 Å². The van der Waals surface area contributed by atoms with Crippen molar-refractivity contribution in [3.05, 3.63) is 30.2 Å². The van der Waals surface area contributed by atoms with E-state index in [4.69, 9.17) is 10.5 Å². The predicted octanol–water partition coefficient (Wildman–Crippen LogP) is 2.54. The highest BCUT2D eigenvalue weighted by Crippen LogP contribution is 2.31. The third-order valence-electron chi connectivity index (χ3n) is 2.42. The molecule has 0 saturated carbocycles. The van der Waals surface area contributed by atoms with Gasteiger partial charge < -0.3 is 10.5 Å². The highest BCUT2D eigenvalue weighted by Gasteiger charge is 2.16.